The van der Waals surface area contributed by atoms with Crippen LogP contribution in [-0.4, -0.2) is 29.6 Å². The number of hydrogen-bond acceptors (Lipinski definition) is 4. The van der Waals surface area contributed by atoms with E-state index in [1.165, 1.54) is 16.7 Å². The van der Waals surface area contributed by atoms with E-state index >= 15 is 0 Å². The van der Waals surface area contributed by atoms with E-state index in [9.17, 15) is 5.11 Å². The number of nitrogens with two attached hydrogens (primary N) is 1. The molecule has 0 amide bonds. The summed E-state index contributed by atoms with van der Waals surface area (Å²) in [5, 5.41) is 11.9. The van der Waals surface area contributed by atoms with Gasteiger partial charge in [0.15, 0.2) is 0 Å². The fourth-order valence-electron chi connectivity index (χ4n) is 5.06. The normalized spacial score (nSPS) is 18.6. The van der Waals surface area contributed by atoms with Crippen molar-refractivity contribution in [3.05, 3.63) is 106 Å². The van der Waals surface area contributed by atoms with E-state index in [2.05, 4.69) is 41.3 Å². The Morgan fingerprint density at radius 3 is 2.53 bits per heavy atom. The number of ether oxygens (including phenoxy) is 1. The summed E-state index contributed by atoms with van der Waals surface area (Å²) in [7, 11) is 0. The van der Waals surface area contributed by atoms with Crippen LogP contribution in [0.25, 0.3) is 5.57 Å². The molecule has 0 atom stereocenters. The van der Waals surface area contributed by atoms with Crippen molar-refractivity contribution >= 4 is 17.2 Å². The summed E-state index contributed by atoms with van der Waals surface area (Å²) >= 11 is 6.02. The second kappa shape index (κ2) is 9.93. The van der Waals surface area contributed by atoms with Crippen molar-refractivity contribution in [1.82, 2.24) is 4.90 Å². The lowest BCUT2D eigenvalue weighted by atomic mass is 9.84. The van der Waals surface area contributed by atoms with Crippen LogP contribution in [0, 0.1) is 0 Å². The van der Waals surface area contributed by atoms with Gasteiger partial charge in [0.1, 0.15) is 12.4 Å². The van der Waals surface area contributed by atoms with Crippen LogP contribution in [0.5, 0.6) is 5.75 Å². The minimum Gasteiger partial charge on any atom is -0.488 e. The van der Waals surface area contributed by atoms with Crippen molar-refractivity contribution in [2.24, 2.45) is 5.73 Å². The minimum atomic E-state index is -0.769. The van der Waals surface area contributed by atoms with E-state index < -0.39 is 5.60 Å². The highest BCUT2D eigenvalue weighted by molar-refractivity contribution is 6.30. The van der Waals surface area contributed by atoms with Gasteiger partial charge in [-0.15, -0.1) is 0 Å². The first-order chi connectivity index (χ1) is 16.6. The Morgan fingerprint density at radius 1 is 1.00 bits per heavy atom. The number of benzene rings is 3. The lowest BCUT2D eigenvalue weighted by Gasteiger charge is -2.38. The number of nitrogens with zero attached hydrogens (tertiary/aromatic N) is 1. The Balaban J connectivity index is 1.31. The number of likely N-dealkylation sites (tertiary alicyclic amines) is 1. The van der Waals surface area contributed by atoms with E-state index in [-0.39, 0.29) is 0 Å². The molecule has 1 fully saturated rings. The molecular weight excluding hydrogens is 444 g/mol. The maximum Gasteiger partial charge on any atom is 0.127 e. The van der Waals surface area contributed by atoms with Gasteiger partial charge in [-0.2, -0.15) is 0 Å². The summed E-state index contributed by atoms with van der Waals surface area (Å²) in [6.45, 7) is 3.77. The molecule has 4 nitrogen and oxygen atoms in total. The molecule has 0 radical (unpaired) electrons. The molecule has 3 aromatic rings. The van der Waals surface area contributed by atoms with Crippen LogP contribution in [-0.2, 0) is 18.8 Å². The van der Waals surface area contributed by atoms with Crippen molar-refractivity contribution in [1.29, 1.82) is 0 Å². The first-order valence-electron chi connectivity index (χ1n) is 12.0. The second-order valence-electron chi connectivity index (χ2n) is 9.27. The standard InChI is InChI=1S/C29H31ClN2O2/c30-24-10-8-23(9-11-24)29(33)13-16-32(17-14-29)15-3-6-26-25-5-2-1-4-22(25)20-34-28-12-7-21(19-31)18-27(26)28/h1-2,4-12,18,33H,3,13-17,19-20,31H2/b26-6+. The molecule has 5 rings (SSSR count). The predicted octanol–water partition coefficient (Wildman–Crippen LogP) is 5.50. The Kier molecular flexibility index (Phi) is 6.75. The van der Waals surface area contributed by atoms with E-state index in [0.29, 0.717) is 18.2 Å². The number of hydrogen-bond donors (Lipinski definition) is 2. The summed E-state index contributed by atoms with van der Waals surface area (Å²) in [6.07, 6.45) is 4.72. The molecule has 0 aromatic heterocycles. The Bertz CT molecular complexity index is 1180. The SMILES string of the molecule is NCc1ccc2c(c1)/C(=C/CCN1CCC(O)(c3ccc(Cl)cc3)CC1)c1ccccc1CO2. The molecule has 2 aliphatic rings. The fraction of sp³-hybridized carbons (Fsp3) is 0.310. The Morgan fingerprint density at radius 2 is 1.76 bits per heavy atom. The molecule has 176 valence electrons. The topological polar surface area (TPSA) is 58.7 Å². The highest BCUT2D eigenvalue weighted by Crippen LogP contribution is 2.38. The maximum atomic E-state index is 11.2. The van der Waals surface area contributed by atoms with Crippen LogP contribution in [0.15, 0.2) is 72.8 Å². The van der Waals surface area contributed by atoms with Gasteiger partial charge in [-0.3, -0.25) is 0 Å². The van der Waals surface area contributed by atoms with E-state index in [1.54, 1.807) is 0 Å². The highest BCUT2D eigenvalue weighted by Gasteiger charge is 2.33. The van der Waals surface area contributed by atoms with Gasteiger partial charge in [0.25, 0.3) is 0 Å². The number of piperidine rings is 1. The average Bonchev–Trinajstić information content (AvgIpc) is 3.02. The third-order valence-electron chi connectivity index (χ3n) is 7.12. The van der Waals surface area contributed by atoms with Gasteiger partial charge in [-0.05, 0) is 71.4 Å². The summed E-state index contributed by atoms with van der Waals surface area (Å²) in [5.41, 5.74) is 12.0. The molecule has 0 unspecified atom stereocenters. The predicted molar refractivity (Wildman–Crippen MR) is 138 cm³/mol. The zero-order valence-electron chi connectivity index (χ0n) is 19.3. The van der Waals surface area contributed by atoms with Crippen LogP contribution in [0.2, 0.25) is 5.02 Å². The van der Waals surface area contributed by atoms with Gasteiger partial charge >= 0.3 is 0 Å². The van der Waals surface area contributed by atoms with E-state index in [0.717, 1.165) is 61.3 Å². The van der Waals surface area contributed by atoms with Crippen molar-refractivity contribution in [3.63, 3.8) is 0 Å². The molecule has 2 aliphatic heterocycles. The summed E-state index contributed by atoms with van der Waals surface area (Å²) in [4.78, 5) is 2.44. The first-order valence-corrected chi connectivity index (χ1v) is 12.4. The fourth-order valence-corrected chi connectivity index (χ4v) is 5.18. The zero-order valence-corrected chi connectivity index (χ0v) is 20.1. The van der Waals surface area contributed by atoms with E-state index in [4.69, 9.17) is 22.1 Å². The largest absolute Gasteiger partial charge is 0.488 e. The quantitative estimate of drug-likeness (QED) is 0.513. The summed E-state index contributed by atoms with van der Waals surface area (Å²) in [5.74, 6) is 0.908. The van der Waals surface area contributed by atoms with Crippen LogP contribution in [0.4, 0.5) is 0 Å². The number of aliphatic hydroxyl groups is 1. The van der Waals surface area contributed by atoms with Gasteiger partial charge in [-0.25, -0.2) is 0 Å². The van der Waals surface area contributed by atoms with Gasteiger partial charge in [0, 0.05) is 36.8 Å². The average molecular weight is 475 g/mol. The van der Waals surface area contributed by atoms with Crippen molar-refractivity contribution < 1.29 is 9.84 Å². The van der Waals surface area contributed by atoms with Crippen LogP contribution in [0.1, 0.15) is 47.1 Å². The maximum absolute atomic E-state index is 11.2. The van der Waals surface area contributed by atoms with Gasteiger partial charge in [-0.1, -0.05) is 60.1 Å². The Labute approximate surface area is 206 Å². The molecule has 1 saturated heterocycles. The second-order valence-corrected chi connectivity index (χ2v) is 9.70. The third kappa shape index (κ3) is 4.77. The number of fused-ring (bicyclic) bond motifs is 2. The highest BCUT2D eigenvalue weighted by atomic mass is 35.5. The van der Waals surface area contributed by atoms with Crippen molar-refractivity contribution in [2.75, 3.05) is 19.6 Å². The molecule has 34 heavy (non-hydrogen) atoms. The third-order valence-corrected chi connectivity index (χ3v) is 7.37. The molecule has 0 saturated carbocycles. The molecule has 0 bridgehead atoms. The summed E-state index contributed by atoms with van der Waals surface area (Å²) < 4.78 is 6.15. The van der Waals surface area contributed by atoms with Crippen LogP contribution < -0.4 is 10.5 Å². The molecule has 5 heteroatoms. The van der Waals surface area contributed by atoms with Gasteiger partial charge in [0.2, 0.25) is 0 Å². The van der Waals surface area contributed by atoms with Gasteiger partial charge < -0.3 is 20.5 Å². The number of rotatable bonds is 5. The number of halogens is 1. The van der Waals surface area contributed by atoms with Crippen molar-refractivity contribution in [3.8, 4) is 5.75 Å². The first kappa shape index (κ1) is 23.1. The van der Waals surface area contributed by atoms with Crippen LogP contribution in [0.3, 0.4) is 0 Å². The molecular formula is C29H31ClN2O2. The van der Waals surface area contributed by atoms with Crippen molar-refractivity contribution in [2.45, 2.75) is 38.0 Å². The molecule has 2 heterocycles. The molecule has 0 spiro atoms. The van der Waals surface area contributed by atoms with E-state index in [1.807, 2.05) is 36.4 Å². The summed E-state index contributed by atoms with van der Waals surface area (Å²) in [6, 6.07) is 22.3. The van der Waals surface area contributed by atoms with Crippen LogP contribution >= 0.6 is 11.6 Å². The van der Waals surface area contributed by atoms with Gasteiger partial charge in [0.05, 0.1) is 5.60 Å². The molecule has 0 aliphatic carbocycles. The lowest BCUT2D eigenvalue weighted by Crippen LogP contribution is -2.42. The Hall–Kier alpha value is -2.63. The molecule has 3 N–H and O–H groups in total. The zero-order chi connectivity index (χ0) is 23.5. The lowest BCUT2D eigenvalue weighted by molar-refractivity contribution is -0.0254. The minimum absolute atomic E-state index is 0.506. The monoisotopic (exact) mass is 474 g/mol. The smallest absolute Gasteiger partial charge is 0.127 e. The molecule has 3 aromatic carbocycles.